The molecule has 1 aromatic carbocycles. The van der Waals surface area contributed by atoms with Gasteiger partial charge in [0.25, 0.3) is 0 Å². The molecule has 2 aromatic heterocycles. The average Bonchev–Trinajstić information content (AvgIpc) is 2.95. The molecule has 0 aliphatic heterocycles. The SMILES string of the molecule is CC(C)c1nccn1Cc1nc2cc(N)ccc2o1. The molecule has 2 N–H and O–H groups in total. The van der Waals surface area contributed by atoms with Gasteiger partial charge in [0.1, 0.15) is 17.9 Å². The van der Waals surface area contributed by atoms with Gasteiger partial charge in [0, 0.05) is 24.0 Å². The van der Waals surface area contributed by atoms with Gasteiger partial charge in [-0.05, 0) is 18.2 Å². The topological polar surface area (TPSA) is 69.9 Å². The number of hydrogen-bond acceptors (Lipinski definition) is 4. The molecule has 5 nitrogen and oxygen atoms in total. The summed E-state index contributed by atoms with van der Waals surface area (Å²) in [6.45, 7) is 4.82. The van der Waals surface area contributed by atoms with Crippen LogP contribution in [0.4, 0.5) is 5.69 Å². The van der Waals surface area contributed by atoms with Gasteiger partial charge >= 0.3 is 0 Å². The second kappa shape index (κ2) is 4.42. The molecule has 2 heterocycles. The first-order valence-corrected chi connectivity index (χ1v) is 6.29. The van der Waals surface area contributed by atoms with Crippen molar-refractivity contribution in [2.75, 3.05) is 5.73 Å². The lowest BCUT2D eigenvalue weighted by molar-refractivity contribution is 0.498. The summed E-state index contributed by atoms with van der Waals surface area (Å²) in [5.41, 5.74) is 7.98. The van der Waals surface area contributed by atoms with Crippen LogP contribution in [0.25, 0.3) is 11.1 Å². The van der Waals surface area contributed by atoms with Crippen LogP contribution in [0.5, 0.6) is 0 Å². The van der Waals surface area contributed by atoms with Gasteiger partial charge in [-0.25, -0.2) is 9.97 Å². The smallest absolute Gasteiger partial charge is 0.215 e. The lowest BCUT2D eigenvalue weighted by atomic mass is 10.2. The summed E-state index contributed by atoms with van der Waals surface area (Å²) in [5, 5.41) is 0. The predicted molar refractivity (Wildman–Crippen MR) is 73.8 cm³/mol. The van der Waals surface area contributed by atoms with E-state index in [0.717, 1.165) is 16.9 Å². The number of nitrogens with zero attached hydrogens (tertiary/aromatic N) is 3. The average molecular weight is 256 g/mol. The molecule has 19 heavy (non-hydrogen) atoms. The quantitative estimate of drug-likeness (QED) is 0.731. The van der Waals surface area contributed by atoms with E-state index in [4.69, 9.17) is 10.2 Å². The lowest BCUT2D eigenvalue weighted by Gasteiger charge is -2.07. The maximum Gasteiger partial charge on any atom is 0.215 e. The number of imidazole rings is 1. The van der Waals surface area contributed by atoms with E-state index in [-0.39, 0.29) is 0 Å². The maximum absolute atomic E-state index is 5.74. The zero-order valence-electron chi connectivity index (χ0n) is 11.0. The van der Waals surface area contributed by atoms with Gasteiger partial charge in [-0.3, -0.25) is 0 Å². The van der Waals surface area contributed by atoms with Crippen LogP contribution < -0.4 is 5.73 Å². The number of nitrogens with two attached hydrogens (primary N) is 1. The number of oxazole rings is 1. The third-order valence-electron chi connectivity index (χ3n) is 3.03. The summed E-state index contributed by atoms with van der Waals surface area (Å²) in [5.74, 6) is 2.07. The van der Waals surface area contributed by atoms with Crippen molar-refractivity contribution in [2.24, 2.45) is 0 Å². The zero-order chi connectivity index (χ0) is 13.4. The van der Waals surface area contributed by atoms with Gasteiger partial charge in [0.2, 0.25) is 5.89 Å². The maximum atomic E-state index is 5.74. The largest absolute Gasteiger partial charge is 0.439 e. The highest BCUT2D eigenvalue weighted by Gasteiger charge is 2.11. The minimum absolute atomic E-state index is 0.370. The number of anilines is 1. The first-order chi connectivity index (χ1) is 9.13. The highest BCUT2D eigenvalue weighted by molar-refractivity contribution is 5.76. The van der Waals surface area contributed by atoms with Gasteiger partial charge in [-0.15, -0.1) is 0 Å². The highest BCUT2D eigenvalue weighted by Crippen LogP contribution is 2.20. The molecule has 0 aliphatic rings. The minimum atomic E-state index is 0.370. The number of benzene rings is 1. The van der Waals surface area contributed by atoms with Crippen LogP contribution in [-0.2, 0) is 6.54 Å². The monoisotopic (exact) mass is 256 g/mol. The highest BCUT2D eigenvalue weighted by atomic mass is 16.3. The van der Waals surface area contributed by atoms with E-state index in [1.807, 2.05) is 24.4 Å². The fourth-order valence-corrected chi connectivity index (χ4v) is 2.16. The number of rotatable bonds is 3. The van der Waals surface area contributed by atoms with Crippen molar-refractivity contribution >= 4 is 16.8 Å². The van der Waals surface area contributed by atoms with Crippen LogP contribution in [0, 0.1) is 0 Å². The molecule has 3 rings (SSSR count). The standard InChI is InChI=1S/C14H16N4O/c1-9(2)14-16-5-6-18(14)8-13-17-11-7-10(15)3-4-12(11)19-13/h3-7,9H,8,15H2,1-2H3. The molecule has 0 saturated carbocycles. The van der Waals surface area contributed by atoms with E-state index in [2.05, 4.69) is 28.4 Å². The fourth-order valence-electron chi connectivity index (χ4n) is 2.16. The first-order valence-electron chi connectivity index (χ1n) is 6.29. The van der Waals surface area contributed by atoms with Crippen molar-refractivity contribution < 1.29 is 4.42 Å². The van der Waals surface area contributed by atoms with Crippen molar-refractivity contribution in [2.45, 2.75) is 26.3 Å². The summed E-state index contributed by atoms with van der Waals surface area (Å²) >= 11 is 0. The third-order valence-corrected chi connectivity index (χ3v) is 3.03. The van der Waals surface area contributed by atoms with Gasteiger partial charge in [-0.2, -0.15) is 0 Å². The van der Waals surface area contributed by atoms with Crippen molar-refractivity contribution in [1.29, 1.82) is 0 Å². The van der Waals surface area contributed by atoms with E-state index < -0.39 is 0 Å². The molecule has 0 bridgehead atoms. The summed E-state index contributed by atoms with van der Waals surface area (Å²) < 4.78 is 7.77. The van der Waals surface area contributed by atoms with Gasteiger partial charge in [0.05, 0.1) is 0 Å². The normalized spacial score (nSPS) is 11.5. The Labute approximate surface area is 111 Å². The van der Waals surface area contributed by atoms with Gasteiger partial charge in [0.15, 0.2) is 5.58 Å². The second-order valence-electron chi connectivity index (χ2n) is 4.90. The Bertz CT molecular complexity index is 711. The lowest BCUT2D eigenvalue weighted by Crippen LogP contribution is -2.05. The summed E-state index contributed by atoms with van der Waals surface area (Å²) in [7, 11) is 0. The Morgan fingerprint density at radius 3 is 3.00 bits per heavy atom. The van der Waals surface area contributed by atoms with Gasteiger partial charge in [-0.1, -0.05) is 13.8 Å². The molecule has 0 atom stereocenters. The molecule has 0 fully saturated rings. The minimum Gasteiger partial charge on any atom is -0.439 e. The Morgan fingerprint density at radius 2 is 2.21 bits per heavy atom. The van der Waals surface area contributed by atoms with E-state index >= 15 is 0 Å². The fraction of sp³-hybridized carbons (Fsp3) is 0.286. The molecule has 3 aromatic rings. The molecule has 0 radical (unpaired) electrons. The van der Waals surface area contributed by atoms with Crippen LogP contribution in [-0.4, -0.2) is 14.5 Å². The molecule has 98 valence electrons. The first kappa shape index (κ1) is 11.8. The number of aromatic nitrogens is 3. The molecule has 0 unspecified atom stereocenters. The van der Waals surface area contributed by atoms with Crippen molar-refractivity contribution in [3.05, 3.63) is 42.3 Å². The Balaban J connectivity index is 1.94. The Hall–Kier alpha value is -2.30. The number of hydrogen-bond donors (Lipinski definition) is 1. The molecule has 0 spiro atoms. The van der Waals surface area contributed by atoms with Crippen LogP contribution >= 0.6 is 0 Å². The Kier molecular flexibility index (Phi) is 2.74. The predicted octanol–water partition coefficient (Wildman–Crippen LogP) is 2.78. The van der Waals surface area contributed by atoms with E-state index in [9.17, 15) is 0 Å². The van der Waals surface area contributed by atoms with Crippen LogP contribution in [0.15, 0.2) is 35.0 Å². The molecule has 0 amide bonds. The molecular weight excluding hydrogens is 240 g/mol. The van der Waals surface area contributed by atoms with E-state index in [0.29, 0.717) is 24.0 Å². The van der Waals surface area contributed by atoms with E-state index in [1.54, 1.807) is 6.20 Å². The van der Waals surface area contributed by atoms with Crippen LogP contribution in [0.1, 0.15) is 31.5 Å². The summed E-state index contributed by atoms with van der Waals surface area (Å²) in [4.78, 5) is 8.81. The number of nitrogen functional groups attached to an aromatic ring is 1. The molecular formula is C14H16N4O. The van der Waals surface area contributed by atoms with Crippen molar-refractivity contribution in [3.63, 3.8) is 0 Å². The molecule has 0 aliphatic carbocycles. The van der Waals surface area contributed by atoms with Crippen molar-refractivity contribution in [3.8, 4) is 0 Å². The molecule has 0 saturated heterocycles. The number of fused-ring (bicyclic) bond motifs is 1. The van der Waals surface area contributed by atoms with Crippen LogP contribution in [0.3, 0.4) is 0 Å². The molecule has 5 heteroatoms. The van der Waals surface area contributed by atoms with Crippen molar-refractivity contribution in [1.82, 2.24) is 14.5 Å². The third kappa shape index (κ3) is 2.19. The second-order valence-corrected chi connectivity index (χ2v) is 4.90. The zero-order valence-corrected chi connectivity index (χ0v) is 11.0. The van der Waals surface area contributed by atoms with E-state index in [1.165, 1.54) is 0 Å². The Morgan fingerprint density at radius 1 is 1.37 bits per heavy atom. The van der Waals surface area contributed by atoms with Crippen LogP contribution in [0.2, 0.25) is 0 Å². The summed E-state index contributed by atoms with van der Waals surface area (Å²) in [6.07, 6.45) is 3.74. The van der Waals surface area contributed by atoms with Gasteiger partial charge < -0.3 is 14.7 Å². The summed E-state index contributed by atoms with van der Waals surface area (Å²) in [6, 6.07) is 5.48.